The van der Waals surface area contributed by atoms with Crippen LogP contribution in [0.2, 0.25) is 0 Å². The third-order valence-corrected chi connectivity index (χ3v) is 3.07. The molecule has 0 aliphatic carbocycles. The first-order chi connectivity index (χ1) is 11.3. The number of carbonyl (C=O) groups is 1. The zero-order valence-corrected chi connectivity index (χ0v) is 13.2. The van der Waals surface area contributed by atoms with Crippen LogP contribution in [0.3, 0.4) is 0 Å². The standard InChI is InChI=1S/C19H20N2O2/c1-2-23-19(22)15-16-9-11-18(12-10-16)21-14-6-4-8-17-7-3-5-13-20-17/h3,5,7,9-13,21H,2,6,14-15H2,1H3. The van der Waals surface area contributed by atoms with Crippen molar-refractivity contribution >= 4 is 11.7 Å². The van der Waals surface area contributed by atoms with Crippen molar-refractivity contribution in [1.29, 1.82) is 0 Å². The summed E-state index contributed by atoms with van der Waals surface area (Å²) in [4.78, 5) is 15.5. The van der Waals surface area contributed by atoms with Crippen molar-refractivity contribution in [2.24, 2.45) is 0 Å². The Balaban J connectivity index is 1.74. The molecule has 4 heteroatoms. The van der Waals surface area contributed by atoms with Gasteiger partial charge in [0.2, 0.25) is 0 Å². The lowest BCUT2D eigenvalue weighted by Gasteiger charge is -2.06. The topological polar surface area (TPSA) is 51.2 Å². The van der Waals surface area contributed by atoms with Crippen molar-refractivity contribution in [2.45, 2.75) is 19.8 Å². The molecule has 2 rings (SSSR count). The molecule has 0 saturated heterocycles. The lowest BCUT2D eigenvalue weighted by molar-refractivity contribution is -0.142. The number of rotatable bonds is 6. The Bertz CT molecular complexity index is 670. The monoisotopic (exact) mass is 308 g/mol. The molecule has 23 heavy (non-hydrogen) atoms. The van der Waals surface area contributed by atoms with Crippen LogP contribution in [0.1, 0.15) is 24.6 Å². The number of esters is 1. The molecule has 1 heterocycles. The molecule has 0 bridgehead atoms. The van der Waals surface area contributed by atoms with E-state index in [-0.39, 0.29) is 5.97 Å². The minimum atomic E-state index is -0.196. The second kappa shape index (κ2) is 9.26. The lowest BCUT2D eigenvalue weighted by Crippen LogP contribution is -2.07. The van der Waals surface area contributed by atoms with Crippen LogP contribution in [-0.2, 0) is 16.0 Å². The highest BCUT2D eigenvalue weighted by Crippen LogP contribution is 2.10. The first-order valence-electron chi connectivity index (χ1n) is 7.66. The number of nitrogens with zero attached hydrogens (tertiary/aromatic N) is 1. The molecular weight excluding hydrogens is 288 g/mol. The Labute approximate surface area is 136 Å². The van der Waals surface area contributed by atoms with Gasteiger partial charge in [0, 0.05) is 24.8 Å². The molecule has 0 aliphatic heterocycles. The van der Waals surface area contributed by atoms with Gasteiger partial charge < -0.3 is 10.1 Å². The van der Waals surface area contributed by atoms with E-state index < -0.39 is 0 Å². The van der Waals surface area contributed by atoms with E-state index >= 15 is 0 Å². The highest BCUT2D eigenvalue weighted by molar-refractivity contribution is 5.72. The van der Waals surface area contributed by atoms with Crippen molar-refractivity contribution in [3.8, 4) is 11.8 Å². The van der Waals surface area contributed by atoms with E-state index in [0.717, 1.165) is 29.9 Å². The summed E-state index contributed by atoms with van der Waals surface area (Å²) in [5.41, 5.74) is 2.75. The molecule has 0 atom stereocenters. The molecule has 1 aromatic carbocycles. The summed E-state index contributed by atoms with van der Waals surface area (Å²) in [6.45, 7) is 2.98. The van der Waals surface area contributed by atoms with Crippen molar-refractivity contribution < 1.29 is 9.53 Å². The Morgan fingerprint density at radius 3 is 2.74 bits per heavy atom. The number of ether oxygens (including phenoxy) is 1. The van der Waals surface area contributed by atoms with Gasteiger partial charge in [-0.05, 0) is 42.7 Å². The number of nitrogens with one attached hydrogen (secondary N) is 1. The van der Waals surface area contributed by atoms with Crippen LogP contribution in [0.25, 0.3) is 0 Å². The second-order valence-corrected chi connectivity index (χ2v) is 4.87. The van der Waals surface area contributed by atoms with Crippen LogP contribution in [0.5, 0.6) is 0 Å². The minimum absolute atomic E-state index is 0.196. The molecule has 2 aromatic rings. The highest BCUT2D eigenvalue weighted by atomic mass is 16.5. The van der Waals surface area contributed by atoms with E-state index in [9.17, 15) is 4.79 Å². The molecule has 0 radical (unpaired) electrons. The maximum atomic E-state index is 11.4. The van der Waals surface area contributed by atoms with Crippen LogP contribution in [0, 0.1) is 11.8 Å². The number of hydrogen-bond acceptors (Lipinski definition) is 4. The maximum Gasteiger partial charge on any atom is 0.310 e. The van der Waals surface area contributed by atoms with Gasteiger partial charge in [0.15, 0.2) is 0 Å². The first-order valence-corrected chi connectivity index (χ1v) is 7.66. The van der Waals surface area contributed by atoms with Crippen LogP contribution in [-0.4, -0.2) is 24.1 Å². The summed E-state index contributed by atoms with van der Waals surface area (Å²) >= 11 is 0. The highest BCUT2D eigenvalue weighted by Gasteiger charge is 2.03. The average molecular weight is 308 g/mol. The Hall–Kier alpha value is -2.80. The fourth-order valence-corrected chi connectivity index (χ4v) is 1.98. The molecule has 1 N–H and O–H groups in total. The van der Waals surface area contributed by atoms with E-state index in [1.807, 2.05) is 49.4 Å². The van der Waals surface area contributed by atoms with Gasteiger partial charge in [-0.1, -0.05) is 24.1 Å². The van der Waals surface area contributed by atoms with Crippen molar-refractivity contribution in [3.63, 3.8) is 0 Å². The molecule has 0 unspecified atom stereocenters. The summed E-state index contributed by atoms with van der Waals surface area (Å²) < 4.78 is 4.93. The number of aromatic nitrogens is 1. The summed E-state index contributed by atoms with van der Waals surface area (Å²) in [6, 6.07) is 13.5. The molecule has 0 aliphatic rings. The smallest absolute Gasteiger partial charge is 0.310 e. The lowest BCUT2D eigenvalue weighted by atomic mass is 10.1. The predicted octanol–water partition coefficient (Wildman–Crippen LogP) is 3.04. The molecule has 118 valence electrons. The Morgan fingerprint density at radius 2 is 2.04 bits per heavy atom. The SMILES string of the molecule is CCOC(=O)Cc1ccc(NCCC#Cc2ccccn2)cc1. The zero-order chi connectivity index (χ0) is 16.3. The largest absolute Gasteiger partial charge is 0.466 e. The van der Waals surface area contributed by atoms with Gasteiger partial charge in [0.05, 0.1) is 13.0 Å². The van der Waals surface area contributed by atoms with Gasteiger partial charge in [0.25, 0.3) is 0 Å². The summed E-state index contributed by atoms with van der Waals surface area (Å²) in [6.07, 6.45) is 2.78. The fraction of sp³-hybridized carbons (Fsp3) is 0.263. The van der Waals surface area contributed by atoms with Gasteiger partial charge in [-0.25, -0.2) is 4.98 Å². The zero-order valence-electron chi connectivity index (χ0n) is 13.2. The second-order valence-electron chi connectivity index (χ2n) is 4.87. The first kappa shape index (κ1) is 16.6. The number of hydrogen-bond donors (Lipinski definition) is 1. The molecule has 0 amide bonds. The van der Waals surface area contributed by atoms with E-state index in [1.165, 1.54) is 0 Å². The number of anilines is 1. The molecule has 1 aromatic heterocycles. The van der Waals surface area contributed by atoms with E-state index in [0.29, 0.717) is 13.0 Å². The molecule has 0 saturated carbocycles. The Morgan fingerprint density at radius 1 is 1.22 bits per heavy atom. The average Bonchev–Trinajstić information content (AvgIpc) is 2.57. The predicted molar refractivity (Wildman–Crippen MR) is 91.0 cm³/mol. The normalized spacial score (nSPS) is 9.61. The molecule has 0 spiro atoms. The van der Waals surface area contributed by atoms with Crippen LogP contribution >= 0.6 is 0 Å². The van der Waals surface area contributed by atoms with Gasteiger partial charge in [0.1, 0.15) is 5.69 Å². The van der Waals surface area contributed by atoms with Crippen LogP contribution in [0.4, 0.5) is 5.69 Å². The van der Waals surface area contributed by atoms with Crippen molar-refractivity contribution in [3.05, 3.63) is 59.9 Å². The summed E-state index contributed by atoms with van der Waals surface area (Å²) in [5, 5.41) is 3.30. The Kier molecular flexibility index (Phi) is 6.67. The molecule has 4 nitrogen and oxygen atoms in total. The summed E-state index contributed by atoms with van der Waals surface area (Å²) in [5.74, 6) is 5.91. The third kappa shape index (κ3) is 6.23. The fourth-order valence-electron chi connectivity index (χ4n) is 1.98. The van der Waals surface area contributed by atoms with E-state index in [2.05, 4.69) is 22.1 Å². The van der Waals surface area contributed by atoms with Gasteiger partial charge in [-0.2, -0.15) is 0 Å². The number of benzene rings is 1. The third-order valence-electron chi connectivity index (χ3n) is 3.07. The van der Waals surface area contributed by atoms with Gasteiger partial charge in [-0.15, -0.1) is 0 Å². The van der Waals surface area contributed by atoms with Crippen molar-refractivity contribution in [1.82, 2.24) is 4.98 Å². The van der Waals surface area contributed by atoms with E-state index in [4.69, 9.17) is 4.74 Å². The maximum absolute atomic E-state index is 11.4. The van der Waals surface area contributed by atoms with Crippen LogP contribution < -0.4 is 5.32 Å². The number of pyridine rings is 1. The number of carbonyl (C=O) groups excluding carboxylic acids is 1. The summed E-state index contributed by atoms with van der Waals surface area (Å²) in [7, 11) is 0. The van der Waals surface area contributed by atoms with Crippen molar-refractivity contribution in [2.75, 3.05) is 18.5 Å². The molecule has 0 fully saturated rings. The quantitative estimate of drug-likeness (QED) is 0.506. The van der Waals surface area contributed by atoms with Gasteiger partial charge >= 0.3 is 5.97 Å². The van der Waals surface area contributed by atoms with Crippen LogP contribution in [0.15, 0.2) is 48.7 Å². The van der Waals surface area contributed by atoms with Gasteiger partial charge in [-0.3, -0.25) is 4.79 Å². The van der Waals surface area contributed by atoms with E-state index in [1.54, 1.807) is 6.20 Å². The molecular formula is C19H20N2O2. The minimum Gasteiger partial charge on any atom is -0.466 e.